The summed E-state index contributed by atoms with van der Waals surface area (Å²) in [6.07, 6.45) is -0.252. The molecule has 0 saturated carbocycles. The van der Waals surface area contributed by atoms with Gasteiger partial charge in [0, 0.05) is 12.0 Å². The number of ether oxygens (including phenoxy) is 1. The number of hydrogen-bond acceptors (Lipinski definition) is 4. The van der Waals surface area contributed by atoms with Gasteiger partial charge in [-0.1, -0.05) is 6.07 Å². The van der Waals surface area contributed by atoms with Gasteiger partial charge in [-0.2, -0.15) is 0 Å². The third-order valence-electron chi connectivity index (χ3n) is 2.91. The van der Waals surface area contributed by atoms with Gasteiger partial charge in [0.05, 0.1) is 7.11 Å². The van der Waals surface area contributed by atoms with Gasteiger partial charge in [-0.05, 0) is 31.0 Å². The number of esters is 1. The number of halogens is 1. The number of carboxylic acids is 1. The fourth-order valence-corrected chi connectivity index (χ4v) is 1.70. The molecule has 1 rings (SSSR count). The van der Waals surface area contributed by atoms with Gasteiger partial charge in [0.1, 0.15) is 11.9 Å². The molecule has 1 aromatic rings. The summed E-state index contributed by atoms with van der Waals surface area (Å²) in [6.45, 7) is 1.61. The van der Waals surface area contributed by atoms with Crippen LogP contribution in [0.5, 0.6) is 0 Å². The first-order valence-corrected chi connectivity index (χ1v) is 6.21. The highest BCUT2D eigenvalue weighted by Gasteiger charge is 2.22. The van der Waals surface area contributed by atoms with Crippen molar-refractivity contribution in [2.75, 3.05) is 7.11 Å². The molecule has 0 aliphatic heterocycles. The minimum absolute atomic E-state index is 0.0549. The third-order valence-corrected chi connectivity index (χ3v) is 2.91. The summed E-state index contributed by atoms with van der Waals surface area (Å²) in [4.78, 5) is 34.1. The average Bonchev–Trinajstić information content (AvgIpc) is 2.44. The minimum Gasteiger partial charge on any atom is -0.480 e. The van der Waals surface area contributed by atoms with E-state index in [1.54, 1.807) is 6.92 Å². The fraction of sp³-hybridized carbons (Fsp3) is 0.357. The van der Waals surface area contributed by atoms with Gasteiger partial charge in [0.2, 0.25) is 0 Å². The van der Waals surface area contributed by atoms with Crippen molar-refractivity contribution >= 4 is 17.8 Å². The van der Waals surface area contributed by atoms with Gasteiger partial charge in [-0.15, -0.1) is 0 Å². The Bertz CT molecular complexity index is 558. The van der Waals surface area contributed by atoms with Crippen LogP contribution in [-0.4, -0.2) is 36.1 Å². The van der Waals surface area contributed by atoms with Crippen LogP contribution in [-0.2, 0) is 14.3 Å². The third kappa shape index (κ3) is 4.87. The summed E-state index contributed by atoms with van der Waals surface area (Å²) in [5, 5.41) is 11.3. The number of rotatable bonds is 6. The van der Waals surface area contributed by atoms with E-state index in [2.05, 4.69) is 10.1 Å². The highest BCUT2D eigenvalue weighted by atomic mass is 19.1. The Morgan fingerprint density at radius 2 is 2.05 bits per heavy atom. The number of aryl methyl sites for hydroxylation is 1. The van der Waals surface area contributed by atoms with E-state index in [1.165, 1.54) is 19.2 Å². The second-order valence-corrected chi connectivity index (χ2v) is 4.44. The van der Waals surface area contributed by atoms with Crippen molar-refractivity contribution in [2.24, 2.45) is 0 Å². The van der Waals surface area contributed by atoms with E-state index in [0.29, 0.717) is 5.56 Å². The number of carbonyl (C=O) groups excluding carboxylic acids is 2. The maximum absolute atomic E-state index is 13.1. The maximum Gasteiger partial charge on any atom is 0.326 e. The molecule has 1 atom stereocenters. The van der Waals surface area contributed by atoms with Gasteiger partial charge in [0.25, 0.3) is 5.91 Å². The summed E-state index contributed by atoms with van der Waals surface area (Å²) < 4.78 is 17.6. The molecule has 6 nitrogen and oxygen atoms in total. The molecule has 0 saturated heterocycles. The van der Waals surface area contributed by atoms with Gasteiger partial charge < -0.3 is 15.2 Å². The van der Waals surface area contributed by atoms with Gasteiger partial charge >= 0.3 is 11.9 Å². The van der Waals surface area contributed by atoms with Crippen LogP contribution >= 0.6 is 0 Å². The molecule has 0 aromatic heterocycles. The molecule has 0 unspecified atom stereocenters. The van der Waals surface area contributed by atoms with E-state index in [0.717, 1.165) is 6.07 Å². The summed E-state index contributed by atoms with van der Waals surface area (Å²) in [5.74, 6) is -3.14. The van der Waals surface area contributed by atoms with Crippen LogP contribution in [0.1, 0.15) is 28.8 Å². The summed E-state index contributed by atoms with van der Waals surface area (Å²) in [7, 11) is 1.19. The molecular weight excluding hydrogens is 281 g/mol. The summed E-state index contributed by atoms with van der Waals surface area (Å²) in [5.41, 5.74) is 0.574. The van der Waals surface area contributed by atoms with Gasteiger partial charge in [-0.3, -0.25) is 9.59 Å². The van der Waals surface area contributed by atoms with Crippen molar-refractivity contribution < 1.29 is 28.6 Å². The lowest BCUT2D eigenvalue weighted by molar-refractivity contribution is -0.142. The molecule has 0 heterocycles. The van der Waals surface area contributed by atoms with E-state index < -0.39 is 29.7 Å². The molecule has 2 N–H and O–H groups in total. The summed E-state index contributed by atoms with van der Waals surface area (Å²) in [6, 6.07) is 2.41. The topological polar surface area (TPSA) is 92.7 Å². The van der Waals surface area contributed by atoms with E-state index in [1.807, 2.05) is 0 Å². The van der Waals surface area contributed by atoms with Gasteiger partial charge in [0.15, 0.2) is 0 Å². The van der Waals surface area contributed by atoms with Crippen LogP contribution in [0.2, 0.25) is 0 Å². The average molecular weight is 297 g/mol. The molecule has 1 aromatic carbocycles. The molecule has 7 heteroatoms. The molecule has 0 fully saturated rings. The zero-order valence-electron chi connectivity index (χ0n) is 11.7. The van der Waals surface area contributed by atoms with E-state index in [-0.39, 0.29) is 18.4 Å². The number of carbonyl (C=O) groups is 3. The van der Waals surface area contributed by atoms with Crippen molar-refractivity contribution in [3.63, 3.8) is 0 Å². The van der Waals surface area contributed by atoms with Crippen LogP contribution in [0.15, 0.2) is 18.2 Å². The quantitative estimate of drug-likeness (QED) is 0.771. The van der Waals surface area contributed by atoms with Crippen LogP contribution in [0.3, 0.4) is 0 Å². The SMILES string of the molecule is COC(=O)CC[C@H](NC(=O)c1cc(F)ccc1C)C(=O)O. The van der Waals surface area contributed by atoms with Crippen molar-refractivity contribution in [3.05, 3.63) is 35.1 Å². The lowest BCUT2D eigenvalue weighted by Gasteiger charge is -2.15. The molecule has 0 spiro atoms. The first-order chi connectivity index (χ1) is 9.85. The minimum atomic E-state index is -1.28. The lowest BCUT2D eigenvalue weighted by atomic mass is 10.1. The predicted molar refractivity (Wildman–Crippen MR) is 71.3 cm³/mol. The number of carboxylic acid groups (broad SMARTS) is 1. The number of hydrogen-bond donors (Lipinski definition) is 2. The Balaban J connectivity index is 2.79. The molecule has 21 heavy (non-hydrogen) atoms. The standard InChI is InChI=1S/C14H16FNO5/c1-8-3-4-9(15)7-10(8)13(18)16-11(14(19)20)5-6-12(17)21-2/h3-4,7,11H,5-6H2,1-2H3,(H,16,18)(H,19,20)/t11-/m0/s1. The van der Waals surface area contributed by atoms with E-state index >= 15 is 0 Å². The maximum atomic E-state index is 13.1. The summed E-state index contributed by atoms with van der Waals surface area (Å²) >= 11 is 0. The zero-order valence-corrected chi connectivity index (χ0v) is 11.7. The van der Waals surface area contributed by atoms with E-state index in [4.69, 9.17) is 5.11 Å². The smallest absolute Gasteiger partial charge is 0.326 e. The molecule has 1 amide bonds. The predicted octanol–water partition coefficient (Wildman–Crippen LogP) is 1.27. The van der Waals surface area contributed by atoms with Crippen molar-refractivity contribution in [1.82, 2.24) is 5.32 Å². The first-order valence-electron chi connectivity index (χ1n) is 6.21. The second kappa shape index (κ2) is 7.37. The van der Waals surface area contributed by atoms with Crippen LogP contribution in [0.25, 0.3) is 0 Å². The van der Waals surface area contributed by atoms with Crippen LogP contribution < -0.4 is 5.32 Å². The zero-order chi connectivity index (χ0) is 16.0. The van der Waals surface area contributed by atoms with Crippen molar-refractivity contribution in [1.29, 1.82) is 0 Å². The number of aliphatic carboxylic acids is 1. The van der Waals surface area contributed by atoms with Crippen LogP contribution in [0.4, 0.5) is 4.39 Å². The molecule has 0 aliphatic carbocycles. The molecular formula is C14H16FNO5. The van der Waals surface area contributed by atoms with E-state index in [9.17, 15) is 18.8 Å². The monoisotopic (exact) mass is 297 g/mol. The Morgan fingerprint density at radius 1 is 1.38 bits per heavy atom. The largest absolute Gasteiger partial charge is 0.480 e. The Kier molecular flexibility index (Phi) is 5.83. The first kappa shape index (κ1) is 16.6. The second-order valence-electron chi connectivity index (χ2n) is 4.44. The number of methoxy groups -OCH3 is 1. The Labute approximate surface area is 120 Å². The highest BCUT2D eigenvalue weighted by Crippen LogP contribution is 2.11. The number of amides is 1. The fourth-order valence-electron chi connectivity index (χ4n) is 1.70. The number of benzene rings is 1. The molecule has 114 valence electrons. The van der Waals surface area contributed by atoms with Gasteiger partial charge in [-0.25, -0.2) is 9.18 Å². The Morgan fingerprint density at radius 3 is 2.62 bits per heavy atom. The Hall–Kier alpha value is -2.44. The normalized spacial score (nSPS) is 11.6. The molecule has 0 radical (unpaired) electrons. The highest BCUT2D eigenvalue weighted by molar-refractivity contribution is 5.97. The molecule has 0 bridgehead atoms. The van der Waals surface area contributed by atoms with Crippen molar-refractivity contribution in [3.8, 4) is 0 Å². The van der Waals surface area contributed by atoms with Crippen molar-refractivity contribution in [2.45, 2.75) is 25.8 Å². The molecule has 0 aliphatic rings. The number of nitrogens with one attached hydrogen (secondary N) is 1. The lowest BCUT2D eigenvalue weighted by Crippen LogP contribution is -2.41. The van der Waals surface area contributed by atoms with Crippen LogP contribution in [0, 0.1) is 12.7 Å².